The quantitative estimate of drug-likeness (QED) is 0.727. The number of ether oxygens (including phenoxy) is 4. The average molecular weight is 454 g/mol. The molecule has 176 valence electrons. The summed E-state index contributed by atoms with van der Waals surface area (Å²) in [5.74, 6) is 0.100. The van der Waals surface area contributed by atoms with Gasteiger partial charge in [0.25, 0.3) is 0 Å². The molecule has 0 bridgehead atoms. The van der Waals surface area contributed by atoms with Crippen LogP contribution in [0.25, 0.3) is 5.70 Å². The maximum atomic E-state index is 12.9. The molecule has 4 rings (SSSR count). The van der Waals surface area contributed by atoms with E-state index in [1.807, 2.05) is 6.08 Å². The molecular weight excluding hydrogens is 426 g/mol. The molecule has 10 heteroatoms. The highest BCUT2D eigenvalue weighted by Gasteiger charge is 2.39. The summed E-state index contributed by atoms with van der Waals surface area (Å²) in [6.07, 6.45) is 2.40. The number of benzene rings is 1. The molecule has 1 amide bonds. The van der Waals surface area contributed by atoms with Crippen LogP contribution in [-0.4, -0.2) is 61.2 Å². The van der Waals surface area contributed by atoms with Gasteiger partial charge in [-0.25, -0.2) is 4.79 Å². The van der Waals surface area contributed by atoms with Gasteiger partial charge >= 0.3 is 12.7 Å². The van der Waals surface area contributed by atoms with Gasteiger partial charge in [0, 0.05) is 31.6 Å². The average Bonchev–Trinajstić information content (AvgIpc) is 3.44. The van der Waals surface area contributed by atoms with Crippen molar-refractivity contribution in [1.29, 1.82) is 0 Å². The number of carbonyl (C=O) groups excluding carboxylic acids is 1. The molecule has 3 aliphatic rings. The molecule has 1 aromatic carbocycles. The Hall–Kier alpha value is -2.59. The summed E-state index contributed by atoms with van der Waals surface area (Å²) in [6.45, 7) is 4.20. The number of rotatable bonds is 5. The summed E-state index contributed by atoms with van der Waals surface area (Å²) in [6, 6.07) is 4.73. The Balaban J connectivity index is 1.49. The number of amides is 1. The first kappa shape index (κ1) is 22.6. The van der Waals surface area contributed by atoms with Gasteiger partial charge in [0.05, 0.1) is 18.8 Å². The van der Waals surface area contributed by atoms with Crippen LogP contribution < -0.4 is 15.0 Å². The Kier molecular flexibility index (Phi) is 6.17. The summed E-state index contributed by atoms with van der Waals surface area (Å²) < 4.78 is 47.3. The molecule has 1 aromatic rings. The summed E-state index contributed by atoms with van der Waals surface area (Å²) in [4.78, 5) is 19.6. The van der Waals surface area contributed by atoms with E-state index in [1.54, 1.807) is 37.8 Å². The number of halogens is 2. The highest BCUT2D eigenvalue weighted by molar-refractivity contribution is 5.69. The molecule has 2 atom stereocenters. The lowest BCUT2D eigenvalue weighted by atomic mass is 10.0. The van der Waals surface area contributed by atoms with Crippen LogP contribution in [0.4, 0.5) is 13.6 Å². The first-order valence-corrected chi connectivity index (χ1v) is 10.6. The fourth-order valence-electron chi connectivity index (χ4n) is 3.83. The highest BCUT2D eigenvalue weighted by atomic mass is 19.3. The predicted molar refractivity (Wildman–Crippen MR) is 110 cm³/mol. The molecule has 8 nitrogen and oxygen atoms in total. The number of hydrogen-bond donors (Lipinski definition) is 1. The van der Waals surface area contributed by atoms with E-state index in [4.69, 9.17) is 19.0 Å². The van der Waals surface area contributed by atoms with Crippen molar-refractivity contribution in [3.8, 4) is 11.5 Å². The van der Waals surface area contributed by atoms with E-state index in [0.717, 1.165) is 6.42 Å². The van der Waals surface area contributed by atoms with Crippen LogP contribution in [-0.2, 0) is 14.3 Å². The minimum Gasteiger partial charge on any atom is -0.485 e. The van der Waals surface area contributed by atoms with Crippen LogP contribution in [0.3, 0.4) is 0 Å². The highest BCUT2D eigenvalue weighted by Crippen LogP contribution is 2.37. The lowest BCUT2D eigenvalue weighted by molar-refractivity contribution is -0.0520. The number of hydroxylamine groups is 1. The van der Waals surface area contributed by atoms with Gasteiger partial charge in [0.2, 0.25) is 0 Å². The number of nitrogens with zero attached hydrogens (tertiary/aromatic N) is 1. The van der Waals surface area contributed by atoms with E-state index >= 15 is 0 Å². The van der Waals surface area contributed by atoms with Crippen molar-refractivity contribution in [2.24, 2.45) is 0 Å². The first-order valence-electron chi connectivity index (χ1n) is 10.6. The van der Waals surface area contributed by atoms with Crippen molar-refractivity contribution < 1.29 is 37.4 Å². The van der Waals surface area contributed by atoms with Gasteiger partial charge < -0.3 is 23.8 Å². The van der Waals surface area contributed by atoms with E-state index in [-0.39, 0.29) is 24.1 Å². The molecule has 1 N–H and O–H groups in total. The largest absolute Gasteiger partial charge is 0.485 e. The van der Waals surface area contributed by atoms with E-state index in [0.29, 0.717) is 37.4 Å². The molecule has 0 saturated carbocycles. The lowest BCUT2D eigenvalue weighted by Crippen LogP contribution is -2.36. The van der Waals surface area contributed by atoms with Gasteiger partial charge in [-0.05, 0) is 45.0 Å². The molecular formula is C22H28F2N2O6. The molecule has 2 saturated heterocycles. The van der Waals surface area contributed by atoms with E-state index < -0.39 is 23.9 Å². The fourth-order valence-corrected chi connectivity index (χ4v) is 3.83. The Morgan fingerprint density at radius 1 is 1.31 bits per heavy atom. The topological polar surface area (TPSA) is 78.5 Å². The van der Waals surface area contributed by atoms with Gasteiger partial charge in [0.1, 0.15) is 17.3 Å². The monoisotopic (exact) mass is 454 g/mol. The van der Waals surface area contributed by atoms with Crippen LogP contribution >= 0.6 is 0 Å². The molecule has 2 fully saturated rings. The maximum Gasteiger partial charge on any atom is 0.410 e. The Bertz CT molecular complexity index is 880. The van der Waals surface area contributed by atoms with Gasteiger partial charge in [-0.3, -0.25) is 10.3 Å². The van der Waals surface area contributed by atoms with Gasteiger partial charge in [0.15, 0.2) is 11.5 Å². The minimum atomic E-state index is -2.99. The zero-order valence-electron chi connectivity index (χ0n) is 18.4. The zero-order valence-corrected chi connectivity index (χ0v) is 18.4. The minimum absolute atomic E-state index is 0.0714. The number of carbonyl (C=O) groups is 1. The summed E-state index contributed by atoms with van der Waals surface area (Å²) in [5, 5.41) is 0. The number of likely N-dealkylation sites (tertiary alicyclic amines) is 1. The fraction of sp³-hybridized carbons (Fsp3) is 0.591. The standard InChI is InChI=1S/C22H28F2N2O6/c1-21(2,3)31-20(27)26-8-6-15(12-26)29-18-10-14(4-5-17(18)30-19(23)24)16-11-22(32-25-16)7-9-28-13-22/h4-5,10-11,15,19,25H,6-9,12-13H2,1-3H3/t15-,22?/m0/s1. The third kappa shape index (κ3) is 5.24. The summed E-state index contributed by atoms with van der Waals surface area (Å²) >= 11 is 0. The lowest BCUT2D eigenvalue weighted by Gasteiger charge is -2.24. The Morgan fingerprint density at radius 2 is 2.12 bits per heavy atom. The van der Waals surface area contributed by atoms with Crippen molar-refractivity contribution >= 4 is 11.8 Å². The van der Waals surface area contributed by atoms with Crippen LogP contribution in [0, 0.1) is 0 Å². The second-order valence-corrected chi connectivity index (χ2v) is 9.12. The van der Waals surface area contributed by atoms with Gasteiger partial charge in [-0.15, -0.1) is 0 Å². The predicted octanol–water partition coefficient (Wildman–Crippen LogP) is 3.71. The Labute approximate surface area is 185 Å². The normalized spacial score (nSPS) is 25.2. The SMILES string of the molecule is CC(C)(C)OC(=O)N1CC[C@H](Oc2cc(C3=CC4(CCOC4)ON3)ccc2OC(F)F)C1. The molecule has 0 aliphatic carbocycles. The molecule has 1 unspecified atom stereocenters. The molecule has 3 heterocycles. The van der Waals surface area contributed by atoms with Crippen molar-refractivity contribution in [3.63, 3.8) is 0 Å². The molecule has 0 radical (unpaired) electrons. The summed E-state index contributed by atoms with van der Waals surface area (Å²) in [7, 11) is 0. The maximum absolute atomic E-state index is 12.9. The molecule has 32 heavy (non-hydrogen) atoms. The third-order valence-electron chi connectivity index (χ3n) is 5.35. The number of alkyl halides is 2. The number of nitrogens with one attached hydrogen (secondary N) is 1. The first-order chi connectivity index (χ1) is 15.1. The van der Waals surface area contributed by atoms with E-state index in [1.165, 1.54) is 6.07 Å². The molecule has 3 aliphatic heterocycles. The van der Waals surface area contributed by atoms with Crippen LogP contribution in [0.15, 0.2) is 24.3 Å². The van der Waals surface area contributed by atoms with Crippen molar-refractivity contribution in [2.45, 2.75) is 57.5 Å². The van der Waals surface area contributed by atoms with E-state index in [9.17, 15) is 13.6 Å². The van der Waals surface area contributed by atoms with Crippen molar-refractivity contribution in [2.75, 3.05) is 26.3 Å². The molecule has 0 aromatic heterocycles. The van der Waals surface area contributed by atoms with Crippen LogP contribution in [0.1, 0.15) is 39.2 Å². The smallest absolute Gasteiger partial charge is 0.410 e. The summed E-state index contributed by atoms with van der Waals surface area (Å²) in [5.41, 5.74) is 3.18. The van der Waals surface area contributed by atoms with Crippen LogP contribution in [0.5, 0.6) is 11.5 Å². The third-order valence-corrected chi connectivity index (χ3v) is 5.35. The van der Waals surface area contributed by atoms with Crippen LogP contribution in [0.2, 0.25) is 0 Å². The van der Waals surface area contributed by atoms with E-state index in [2.05, 4.69) is 10.2 Å². The zero-order chi connectivity index (χ0) is 22.9. The van der Waals surface area contributed by atoms with Crippen molar-refractivity contribution in [3.05, 3.63) is 29.8 Å². The second kappa shape index (κ2) is 8.74. The molecule has 1 spiro atoms. The van der Waals surface area contributed by atoms with Gasteiger partial charge in [-0.2, -0.15) is 8.78 Å². The Morgan fingerprint density at radius 3 is 2.81 bits per heavy atom. The number of hydrogen-bond acceptors (Lipinski definition) is 7. The van der Waals surface area contributed by atoms with Crippen molar-refractivity contribution in [1.82, 2.24) is 10.4 Å². The second-order valence-electron chi connectivity index (χ2n) is 9.12. The van der Waals surface area contributed by atoms with Gasteiger partial charge in [-0.1, -0.05) is 0 Å².